The second-order valence-electron chi connectivity index (χ2n) is 3.62. The summed E-state index contributed by atoms with van der Waals surface area (Å²) in [5, 5.41) is -0.265. The maximum absolute atomic E-state index is 12.1. The number of aldehydes is 1. The predicted octanol–water partition coefficient (Wildman–Crippen LogP) is 1.51. The van der Waals surface area contributed by atoms with E-state index in [4.69, 9.17) is 8.83 Å². The number of hydrogen-bond acceptors (Lipinski definition) is 5. The highest BCUT2D eigenvalue weighted by molar-refractivity contribution is 7.88. The van der Waals surface area contributed by atoms with Gasteiger partial charge in [-0.15, -0.1) is 0 Å². The lowest BCUT2D eigenvalue weighted by Crippen LogP contribution is -2.25. The molecule has 2 aromatic rings. The molecule has 0 aliphatic carbocycles. The van der Waals surface area contributed by atoms with Crippen LogP contribution in [0.2, 0.25) is 0 Å². The average Bonchev–Trinajstić information content (AvgIpc) is 2.99. The van der Waals surface area contributed by atoms with Gasteiger partial charge in [0.1, 0.15) is 5.76 Å². The Morgan fingerprint density at radius 1 is 1.33 bits per heavy atom. The van der Waals surface area contributed by atoms with Crippen molar-refractivity contribution in [3.8, 4) is 0 Å². The standard InChI is InChI=1S/C11H11NO5S/c1-12(7-9-3-2-6-16-9)18(14,15)11-5-4-10(8-13)17-11/h2-6,8H,7H2,1H3. The predicted molar refractivity (Wildman–Crippen MR) is 61.5 cm³/mol. The Labute approximate surface area is 104 Å². The number of hydrogen-bond donors (Lipinski definition) is 0. The Hall–Kier alpha value is -1.86. The van der Waals surface area contributed by atoms with E-state index in [9.17, 15) is 13.2 Å². The number of furan rings is 2. The number of sulfonamides is 1. The van der Waals surface area contributed by atoms with Crippen LogP contribution in [0, 0.1) is 0 Å². The minimum Gasteiger partial charge on any atom is -0.468 e. The molecule has 0 bridgehead atoms. The number of carbonyl (C=O) groups is 1. The summed E-state index contributed by atoms with van der Waals surface area (Å²) in [5.74, 6) is 0.489. The first-order valence-corrected chi connectivity index (χ1v) is 6.52. The van der Waals surface area contributed by atoms with Crippen molar-refractivity contribution in [2.45, 2.75) is 11.6 Å². The number of carbonyl (C=O) groups excluding carboxylic acids is 1. The molecule has 6 nitrogen and oxygen atoms in total. The zero-order chi connectivity index (χ0) is 13.2. The second-order valence-corrected chi connectivity index (χ2v) is 5.59. The van der Waals surface area contributed by atoms with Crippen LogP contribution in [0.1, 0.15) is 16.3 Å². The molecule has 2 heterocycles. The highest BCUT2D eigenvalue weighted by Gasteiger charge is 2.25. The molecular formula is C11H11NO5S. The van der Waals surface area contributed by atoms with E-state index >= 15 is 0 Å². The van der Waals surface area contributed by atoms with Crippen LogP contribution >= 0.6 is 0 Å². The highest BCUT2D eigenvalue weighted by Crippen LogP contribution is 2.18. The van der Waals surface area contributed by atoms with Crippen LogP contribution in [-0.2, 0) is 16.6 Å². The molecule has 0 saturated carbocycles. The summed E-state index contributed by atoms with van der Waals surface area (Å²) in [6.45, 7) is 0.0897. The molecule has 0 N–H and O–H groups in total. The van der Waals surface area contributed by atoms with Crippen LogP contribution in [0.3, 0.4) is 0 Å². The van der Waals surface area contributed by atoms with Gasteiger partial charge < -0.3 is 8.83 Å². The Kier molecular flexibility index (Phi) is 3.35. The van der Waals surface area contributed by atoms with Crippen molar-refractivity contribution in [3.63, 3.8) is 0 Å². The van der Waals surface area contributed by atoms with E-state index in [1.807, 2.05) is 0 Å². The summed E-state index contributed by atoms with van der Waals surface area (Å²) in [6, 6.07) is 5.90. The molecule has 2 rings (SSSR count). The quantitative estimate of drug-likeness (QED) is 0.768. The minimum absolute atomic E-state index is 0.0278. The zero-order valence-electron chi connectivity index (χ0n) is 9.57. The number of rotatable bonds is 5. The summed E-state index contributed by atoms with van der Waals surface area (Å²) < 4.78 is 35.2. The molecule has 0 atom stereocenters. The van der Waals surface area contributed by atoms with Gasteiger partial charge in [-0.2, -0.15) is 4.31 Å². The van der Waals surface area contributed by atoms with Gasteiger partial charge >= 0.3 is 0 Å². The van der Waals surface area contributed by atoms with Crippen molar-refractivity contribution in [1.82, 2.24) is 4.31 Å². The zero-order valence-corrected chi connectivity index (χ0v) is 10.4. The monoisotopic (exact) mass is 269 g/mol. The van der Waals surface area contributed by atoms with Crippen molar-refractivity contribution in [2.75, 3.05) is 7.05 Å². The first-order chi connectivity index (χ1) is 8.54. The van der Waals surface area contributed by atoms with E-state index in [0.29, 0.717) is 12.0 Å². The lowest BCUT2D eigenvalue weighted by Gasteiger charge is -2.13. The molecule has 0 aliphatic heterocycles. The molecule has 2 aromatic heterocycles. The summed E-state index contributed by atoms with van der Waals surface area (Å²) in [5.41, 5.74) is 0. The van der Waals surface area contributed by atoms with Gasteiger partial charge in [0.15, 0.2) is 12.0 Å². The summed E-state index contributed by atoms with van der Waals surface area (Å²) in [6.07, 6.45) is 1.92. The highest BCUT2D eigenvalue weighted by atomic mass is 32.2. The van der Waals surface area contributed by atoms with Gasteiger partial charge in [0.25, 0.3) is 10.0 Å². The first kappa shape index (κ1) is 12.6. The van der Waals surface area contributed by atoms with E-state index in [1.165, 1.54) is 25.4 Å². The van der Waals surface area contributed by atoms with E-state index in [2.05, 4.69) is 0 Å². The fourth-order valence-electron chi connectivity index (χ4n) is 1.40. The van der Waals surface area contributed by atoms with E-state index in [-0.39, 0.29) is 17.4 Å². The van der Waals surface area contributed by atoms with Crippen LogP contribution in [0.15, 0.2) is 44.5 Å². The molecule has 0 radical (unpaired) electrons. The maximum atomic E-state index is 12.1. The molecule has 0 amide bonds. The van der Waals surface area contributed by atoms with E-state index in [1.54, 1.807) is 12.1 Å². The average molecular weight is 269 g/mol. The molecular weight excluding hydrogens is 258 g/mol. The molecule has 0 unspecified atom stereocenters. The summed E-state index contributed by atoms with van der Waals surface area (Å²) >= 11 is 0. The molecule has 18 heavy (non-hydrogen) atoms. The molecule has 0 aromatic carbocycles. The van der Waals surface area contributed by atoms with Gasteiger partial charge in [-0.05, 0) is 24.3 Å². The van der Waals surface area contributed by atoms with Crippen LogP contribution in [-0.4, -0.2) is 26.1 Å². The molecule has 7 heteroatoms. The van der Waals surface area contributed by atoms with Gasteiger partial charge in [-0.1, -0.05) is 0 Å². The first-order valence-electron chi connectivity index (χ1n) is 5.08. The third kappa shape index (κ3) is 2.36. The van der Waals surface area contributed by atoms with Crippen LogP contribution < -0.4 is 0 Å². The van der Waals surface area contributed by atoms with Crippen LogP contribution in [0.4, 0.5) is 0 Å². The molecule has 0 spiro atoms. The van der Waals surface area contributed by atoms with Crippen molar-refractivity contribution in [2.24, 2.45) is 0 Å². The van der Waals surface area contributed by atoms with Gasteiger partial charge in [0, 0.05) is 7.05 Å². The Morgan fingerprint density at radius 3 is 2.67 bits per heavy atom. The van der Waals surface area contributed by atoms with Gasteiger partial charge in [-0.3, -0.25) is 4.79 Å². The lowest BCUT2D eigenvalue weighted by molar-refractivity contribution is 0.109. The van der Waals surface area contributed by atoms with Crippen molar-refractivity contribution in [3.05, 3.63) is 42.0 Å². The fourth-order valence-corrected chi connectivity index (χ4v) is 2.44. The smallest absolute Gasteiger partial charge is 0.276 e. The van der Waals surface area contributed by atoms with E-state index < -0.39 is 10.0 Å². The fraction of sp³-hybridized carbons (Fsp3) is 0.182. The summed E-state index contributed by atoms with van der Waals surface area (Å²) in [7, 11) is -2.35. The van der Waals surface area contributed by atoms with Crippen molar-refractivity contribution in [1.29, 1.82) is 0 Å². The Bertz CT molecular complexity index is 626. The topological polar surface area (TPSA) is 80.7 Å². The molecule has 0 saturated heterocycles. The largest absolute Gasteiger partial charge is 0.468 e. The molecule has 0 aliphatic rings. The van der Waals surface area contributed by atoms with Crippen LogP contribution in [0.5, 0.6) is 0 Å². The van der Waals surface area contributed by atoms with Gasteiger partial charge in [0.05, 0.1) is 12.8 Å². The maximum Gasteiger partial charge on any atom is 0.276 e. The molecule has 0 fully saturated rings. The third-order valence-electron chi connectivity index (χ3n) is 2.34. The van der Waals surface area contributed by atoms with Gasteiger partial charge in [-0.25, -0.2) is 8.42 Å². The minimum atomic E-state index is -3.76. The van der Waals surface area contributed by atoms with Crippen molar-refractivity contribution >= 4 is 16.3 Å². The molecule has 96 valence electrons. The lowest BCUT2D eigenvalue weighted by atomic mass is 10.4. The summed E-state index contributed by atoms with van der Waals surface area (Å²) in [4.78, 5) is 10.5. The van der Waals surface area contributed by atoms with Gasteiger partial charge in [0.2, 0.25) is 5.09 Å². The second kappa shape index (κ2) is 4.79. The normalized spacial score (nSPS) is 11.9. The Balaban J connectivity index is 2.22. The van der Waals surface area contributed by atoms with Crippen LogP contribution in [0.25, 0.3) is 0 Å². The van der Waals surface area contributed by atoms with E-state index in [0.717, 1.165) is 4.31 Å². The third-order valence-corrected chi connectivity index (χ3v) is 4.02. The Morgan fingerprint density at radius 2 is 2.11 bits per heavy atom. The van der Waals surface area contributed by atoms with Crippen molar-refractivity contribution < 1.29 is 22.0 Å². The SMILES string of the molecule is CN(Cc1ccco1)S(=O)(=O)c1ccc(C=O)o1. The number of nitrogens with zero attached hydrogens (tertiary/aromatic N) is 1.